The van der Waals surface area contributed by atoms with Gasteiger partial charge < -0.3 is 20.7 Å². The number of methoxy groups -OCH3 is 1. The van der Waals surface area contributed by atoms with E-state index in [4.69, 9.17) is 4.74 Å². The first kappa shape index (κ1) is 25.4. The first-order chi connectivity index (χ1) is 16.1. The molecule has 1 saturated heterocycles. The van der Waals surface area contributed by atoms with Crippen LogP contribution in [0.4, 0.5) is 10.1 Å². The number of ether oxygens (including phenoxy) is 1. The molecule has 0 spiro atoms. The van der Waals surface area contributed by atoms with Crippen LogP contribution in [0.1, 0.15) is 49.9 Å². The molecule has 1 fully saturated rings. The third kappa shape index (κ3) is 6.87. The highest BCUT2D eigenvalue weighted by molar-refractivity contribution is 5.99. The lowest BCUT2D eigenvalue weighted by Crippen LogP contribution is -2.40. The minimum absolute atomic E-state index is 0.0768. The molecule has 2 atom stereocenters. The highest BCUT2D eigenvalue weighted by Gasteiger charge is 2.31. The van der Waals surface area contributed by atoms with Crippen LogP contribution in [-0.2, 0) is 32.1 Å². The topological polar surface area (TPSA) is 96.5 Å². The molecular weight excluding hydrogens is 437 g/mol. The maximum atomic E-state index is 14.7. The van der Waals surface area contributed by atoms with Crippen LogP contribution in [0.2, 0.25) is 0 Å². The number of anilines is 1. The van der Waals surface area contributed by atoms with Gasteiger partial charge in [0.15, 0.2) is 0 Å². The van der Waals surface area contributed by atoms with Crippen molar-refractivity contribution in [3.05, 3.63) is 65.0 Å². The molecule has 3 N–H and O–H groups in total. The Balaban J connectivity index is 1.80. The van der Waals surface area contributed by atoms with Crippen LogP contribution in [0.25, 0.3) is 0 Å². The zero-order valence-electron chi connectivity index (χ0n) is 20.0. The fourth-order valence-electron chi connectivity index (χ4n) is 3.88. The van der Waals surface area contributed by atoms with Crippen molar-refractivity contribution in [1.82, 2.24) is 10.6 Å². The van der Waals surface area contributed by atoms with E-state index in [0.717, 1.165) is 5.56 Å². The van der Waals surface area contributed by atoms with Gasteiger partial charge in [0, 0.05) is 25.8 Å². The molecule has 3 rings (SSSR count). The molecule has 8 heteroatoms. The average Bonchev–Trinajstić information content (AvgIpc) is 3.20. The van der Waals surface area contributed by atoms with Gasteiger partial charge in [0.1, 0.15) is 11.9 Å². The molecule has 182 valence electrons. The van der Waals surface area contributed by atoms with E-state index in [0.29, 0.717) is 29.8 Å². The summed E-state index contributed by atoms with van der Waals surface area (Å²) in [6.45, 7) is 6.73. The van der Waals surface area contributed by atoms with Crippen molar-refractivity contribution in [2.24, 2.45) is 11.3 Å². The highest BCUT2D eigenvalue weighted by atomic mass is 19.1. The van der Waals surface area contributed by atoms with Gasteiger partial charge in [-0.3, -0.25) is 14.4 Å². The first-order valence-electron chi connectivity index (χ1n) is 11.3. The number of carbonyl (C=O) groups excluding carboxylic acids is 3. The third-order valence-corrected chi connectivity index (χ3v) is 5.56. The average molecular weight is 470 g/mol. The van der Waals surface area contributed by atoms with Crippen molar-refractivity contribution in [3.8, 4) is 0 Å². The molecule has 1 aliphatic rings. The van der Waals surface area contributed by atoms with Crippen LogP contribution < -0.4 is 16.0 Å². The van der Waals surface area contributed by atoms with E-state index < -0.39 is 29.6 Å². The molecule has 0 radical (unpaired) electrons. The van der Waals surface area contributed by atoms with Gasteiger partial charge in [0.05, 0.1) is 12.5 Å². The van der Waals surface area contributed by atoms with Crippen molar-refractivity contribution in [1.29, 1.82) is 0 Å². The Labute approximate surface area is 199 Å². The van der Waals surface area contributed by atoms with Crippen LogP contribution >= 0.6 is 0 Å². The lowest BCUT2D eigenvalue weighted by atomic mass is 9.88. The van der Waals surface area contributed by atoms with E-state index in [1.807, 2.05) is 32.9 Å². The number of carbonyl (C=O) groups is 3. The number of hydrogen-bond donors (Lipinski definition) is 3. The second-order valence-corrected chi connectivity index (χ2v) is 9.85. The van der Waals surface area contributed by atoms with Gasteiger partial charge in [-0.25, -0.2) is 4.39 Å². The lowest BCUT2D eigenvalue weighted by Gasteiger charge is -2.21. The fraction of sp³-hybridized carbons (Fsp3) is 0.423. The standard InChI is InChI=1S/C26H32FN3O4/c1-26(2,3)13-18-9-10-20(12-21(18)27)29-25(33)23(17-7-5-16(6-8-17)15-34-4)30-24(32)19-11-22(31)28-14-19/h5-10,12,19,23H,11,13-15H2,1-4H3,(H,28,31)(H,29,33)(H,30,32)/t19-,23-/m1/s1. The molecule has 3 amide bonds. The zero-order chi connectivity index (χ0) is 24.9. The molecule has 1 heterocycles. The van der Waals surface area contributed by atoms with Gasteiger partial charge >= 0.3 is 0 Å². The summed E-state index contributed by atoms with van der Waals surface area (Å²) in [5.74, 6) is -2.05. The van der Waals surface area contributed by atoms with Crippen molar-refractivity contribution < 1.29 is 23.5 Å². The van der Waals surface area contributed by atoms with Crippen molar-refractivity contribution in [2.75, 3.05) is 19.0 Å². The zero-order valence-corrected chi connectivity index (χ0v) is 20.0. The summed E-state index contributed by atoms with van der Waals surface area (Å²) >= 11 is 0. The SMILES string of the molecule is COCc1ccc([C@@H](NC(=O)[C@H]2CNC(=O)C2)C(=O)Nc2ccc(CC(C)(C)C)c(F)c2)cc1. The number of nitrogens with one attached hydrogen (secondary N) is 3. The molecule has 34 heavy (non-hydrogen) atoms. The summed E-state index contributed by atoms with van der Waals surface area (Å²) in [7, 11) is 1.59. The normalized spacial score (nSPS) is 16.6. The molecular formula is C26H32FN3O4. The van der Waals surface area contributed by atoms with Crippen LogP contribution in [-0.4, -0.2) is 31.4 Å². The summed E-state index contributed by atoms with van der Waals surface area (Å²) in [5.41, 5.74) is 2.27. The maximum Gasteiger partial charge on any atom is 0.251 e. The highest BCUT2D eigenvalue weighted by Crippen LogP contribution is 2.25. The molecule has 0 unspecified atom stereocenters. The Morgan fingerprint density at radius 2 is 1.88 bits per heavy atom. The van der Waals surface area contributed by atoms with Gasteiger partial charge in [0.25, 0.3) is 5.91 Å². The quantitative estimate of drug-likeness (QED) is 0.551. The summed E-state index contributed by atoms with van der Waals surface area (Å²) in [6, 6.07) is 10.7. The number of hydrogen-bond acceptors (Lipinski definition) is 4. The van der Waals surface area contributed by atoms with E-state index in [1.165, 1.54) is 6.07 Å². The van der Waals surface area contributed by atoms with E-state index in [2.05, 4.69) is 16.0 Å². The second-order valence-electron chi connectivity index (χ2n) is 9.85. The van der Waals surface area contributed by atoms with Crippen molar-refractivity contribution in [2.45, 2.75) is 46.3 Å². The molecule has 0 saturated carbocycles. The molecule has 1 aliphatic heterocycles. The molecule has 2 aromatic carbocycles. The molecule has 7 nitrogen and oxygen atoms in total. The number of amides is 3. The summed E-state index contributed by atoms with van der Waals surface area (Å²) in [4.78, 5) is 37.5. The predicted molar refractivity (Wildman–Crippen MR) is 127 cm³/mol. The summed E-state index contributed by atoms with van der Waals surface area (Å²) in [5, 5.41) is 8.10. The van der Waals surface area contributed by atoms with E-state index in [-0.39, 0.29) is 24.3 Å². The summed E-state index contributed by atoms with van der Waals surface area (Å²) in [6.07, 6.45) is 0.640. The van der Waals surface area contributed by atoms with Gasteiger partial charge in [0.2, 0.25) is 11.8 Å². The molecule has 0 bridgehead atoms. The van der Waals surface area contributed by atoms with E-state index in [9.17, 15) is 18.8 Å². The molecule has 2 aromatic rings. The Morgan fingerprint density at radius 3 is 2.44 bits per heavy atom. The van der Waals surface area contributed by atoms with Gasteiger partial charge in [-0.05, 0) is 40.7 Å². The smallest absolute Gasteiger partial charge is 0.251 e. The monoisotopic (exact) mass is 469 g/mol. The van der Waals surface area contributed by atoms with Crippen molar-refractivity contribution in [3.63, 3.8) is 0 Å². The maximum absolute atomic E-state index is 14.7. The number of rotatable bonds is 8. The Kier molecular flexibility index (Phi) is 8.04. The predicted octanol–water partition coefficient (Wildman–Crippen LogP) is 3.49. The second kappa shape index (κ2) is 10.8. The van der Waals surface area contributed by atoms with Gasteiger partial charge in [-0.2, -0.15) is 0 Å². The Hall–Kier alpha value is -3.26. The van der Waals surface area contributed by atoms with E-state index >= 15 is 0 Å². The van der Waals surface area contributed by atoms with Crippen molar-refractivity contribution >= 4 is 23.4 Å². The minimum Gasteiger partial charge on any atom is -0.380 e. The summed E-state index contributed by atoms with van der Waals surface area (Å²) < 4.78 is 19.8. The van der Waals surface area contributed by atoms with Crippen LogP contribution in [0.3, 0.4) is 0 Å². The Bertz CT molecular complexity index is 1050. The van der Waals surface area contributed by atoms with Gasteiger partial charge in [-0.1, -0.05) is 51.1 Å². The third-order valence-electron chi connectivity index (χ3n) is 5.56. The number of halogens is 1. The largest absolute Gasteiger partial charge is 0.380 e. The first-order valence-corrected chi connectivity index (χ1v) is 11.3. The van der Waals surface area contributed by atoms with Crippen LogP contribution in [0, 0.1) is 17.2 Å². The minimum atomic E-state index is -1.02. The van der Waals surface area contributed by atoms with Crippen LogP contribution in [0.5, 0.6) is 0 Å². The van der Waals surface area contributed by atoms with Gasteiger partial charge in [-0.15, -0.1) is 0 Å². The Morgan fingerprint density at radius 1 is 1.18 bits per heavy atom. The molecule has 0 aliphatic carbocycles. The van der Waals surface area contributed by atoms with Crippen LogP contribution in [0.15, 0.2) is 42.5 Å². The molecule has 0 aromatic heterocycles. The lowest BCUT2D eigenvalue weighted by molar-refractivity contribution is -0.129. The number of benzene rings is 2. The fourth-order valence-corrected chi connectivity index (χ4v) is 3.88. The van der Waals surface area contributed by atoms with E-state index in [1.54, 1.807) is 31.4 Å².